The molecule has 0 spiro atoms. The molecule has 1 amide bonds. The number of fused-ring (bicyclic) bond motifs is 3. The lowest BCUT2D eigenvalue weighted by atomic mass is 10.2. The van der Waals surface area contributed by atoms with Crippen LogP contribution in [0.1, 0.15) is 5.82 Å². The summed E-state index contributed by atoms with van der Waals surface area (Å²) in [5, 5.41) is 9.21. The van der Waals surface area contributed by atoms with Crippen molar-refractivity contribution in [2.75, 3.05) is 39.9 Å². The van der Waals surface area contributed by atoms with Gasteiger partial charge in [0.05, 0.1) is 17.4 Å². The van der Waals surface area contributed by atoms with Crippen molar-refractivity contribution in [1.82, 2.24) is 29.0 Å². The minimum absolute atomic E-state index is 0.0195. The largest absolute Gasteiger partial charge is 0.375 e. The Morgan fingerprint density at radius 3 is 2.63 bits per heavy atom. The number of aryl methyl sites for hydroxylation is 1. The predicted octanol–water partition coefficient (Wildman–Crippen LogP) is -0.128. The first kappa shape index (κ1) is 17.6. The Bertz CT molecular complexity index is 1050. The van der Waals surface area contributed by atoms with Gasteiger partial charge < -0.3 is 9.64 Å². The van der Waals surface area contributed by atoms with Crippen LogP contribution >= 0.6 is 0 Å². The van der Waals surface area contributed by atoms with Gasteiger partial charge in [-0.05, 0) is 12.1 Å². The van der Waals surface area contributed by atoms with E-state index < -0.39 is 0 Å². The van der Waals surface area contributed by atoms with Gasteiger partial charge in [0.25, 0.3) is 5.56 Å². The van der Waals surface area contributed by atoms with Crippen LogP contribution in [0.3, 0.4) is 0 Å². The third kappa shape index (κ3) is 3.08. The van der Waals surface area contributed by atoms with Crippen molar-refractivity contribution in [3.8, 4) is 0 Å². The molecule has 1 saturated heterocycles. The van der Waals surface area contributed by atoms with Crippen LogP contribution in [0.25, 0.3) is 16.7 Å². The third-order valence-corrected chi connectivity index (χ3v) is 5.05. The summed E-state index contributed by atoms with van der Waals surface area (Å²) in [5.41, 5.74) is 0.729. The number of hydrogen-bond donors (Lipinski definition) is 0. The number of carbonyl (C=O) groups excluding carboxylic acids is 1. The lowest BCUT2D eigenvalue weighted by Gasteiger charge is -2.34. The van der Waals surface area contributed by atoms with Crippen LogP contribution in [0, 0.1) is 0 Å². The minimum Gasteiger partial charge on any atom is -0.375 e. The molecular weight excluding hydrogens is 348 g/mol. The fourth-order valence-corrected chi connectivity index (χ4v) is 3.56. The molecule has 142 valence electrons. The average molecular weight is 370 g/mol. The van der Waals surface area contributed by atoms with Crippen LogP contribution in [0.15, 0.2) is 29.1 Å². The number of methoxy groups -OCH3 is 1. The first-order valence-corrected chi connectivity index (χ1v) is 8.91. The standard InChI is InChI=1S/C18H22N6O3/c1-21-17(26)13-5-3-4-6-14(13)24-15(19-20-18(21)24)11-22-7-9-23(10-8-22)16(25)12-27-2/h3-6H,7-12H2,1-2H3. The summed E-state index contributed by atoms with van der Waals surface area (Å²) in [6, 6.07) is 7.50. The summed E-state index contributed by atoms with van der Waals surface area (Å²) in [4.78, 5) is 28.5. The number of aromatic nitrogens is 4. The molecule has 3 heterocycles. The van der Waals surface area contributed by atoms with Gasteiger partial charge in [0, 0.05) is 40.3 Å². The summed E-state index contributed by atoms with van der Waals surface area (Å²) in [7, 11) is 3.24. The first-order valence-electron chi connectivity index (χ1n) is 8.91. The summed E-state index contributed by atoms with van der Waals surface area (Å²) in [5.74, 6) is 1.34. The van der Waals surface area contributed by atoms with Gasteiger partial charge in [0.2, 0.25) is 11.7 Å². The lowest BCUT2D eigenvalue weighted by molar-refractivity contribution is -0.136. The number of para-hydroxylation sites is 1. The van der Waals surface area contributed by atoms with E-state index in [-0.39, 0.29) is 18.1 Å². The summed E-state index contributed by atoms with van der Waals surface area (Å²) >= 11 is 0. The van der Waals surface area contributed by atoms with Crippen LogP contribution in [0.2, 0.25) is 0 Å². The lowest BCUT2D eigenvalue weighted by Crippen LogP contribution is -2.49. The Morgan fingerprint density at radius 2 is 1.89 bits per heavy atom. The van der Waals surface area contributed by atoms with Gasteiger partial charge in [0.15, 0.2) is 5.82 Å². The normalized spacial score (nSPS) is 15.7. The topological polar surface area (TPSA) is 85.0 Å². The molecule has 1 aliphatic heterocycles. The molecule has 0 N–H and O–H groups in total. The highest BCUT2D eigenvalue weighted by Gasteiger charge is 2.23. The summed E-state index contributed by atoms with van der Waals surface area (Å²) in [6.07, 6.45) is 0. The maximum atomic E-state index is 12.5. The molecule has 4 rings (SSSR count). The highest BCUT2D eigenvalue weighted by Crippen LogP contribution is 2.15. The molecule has 2 aromatic heterocycles. The van der Waals surface area contributed by atoms with E-state index in [1.165, 1.54) is 11.7 Å². The van der Waals surface area contributed by atoms with Crippen LogP contribution in [-0.4, -0.2) is 74.8 Å². The first-order chi connectivity index (χ1) is 13.1. The molecule has 1 fully saturated rings. The fraction of sp³-hybridized carbons (Fsp3) is 0.444. The predicted molar refractivity (Wildman–Crippen MR) is 99.5 cm³/mol. The molecule has 0 saturated carbocycles. The Morgan fingerprint density at radius 1 is 1.15 bits per heavy atom. The molecule has 9 nitrogen and oxygen atoms in total. The molecule has 9 heteroatoms. The summed E-state index contributed by atoms with van der Waals surface area (Å²) < 4.78 is 8.40. The van der Waals surface area contributed by atoms with Gasteiger partial charge in [-0.2, -0.15) is 0 Å². The maximum absolute atomic E-state index is 12.5. The molecule has 0 radical (unpaired) electrons. The van der Waals surface area contributed by atoms with Gasteiger partial charge in [-0.15, -0.1) is 10.2 Å². The summed E-state index contributed by atoms with van der Waals surface area (Å²) in [6.45, 7) is 3.57. The Balaban J connectivity index is 1.61. The zero-order valence-electron chi connectivity index (χ0n) is 15.5. The van der Waals surface area contributed by atoms with E-state index in [1.54, 1.807) is 7.05 Å². The molecule has 0 aliphatic carbocycles. The molecule has 1 aliphatic rings. The van der Waals surface area contributed by atoms with E-state index in [1.807, 2.05) is 33.6 Å². The van der Waals surface area contributed by atoms with E-state index >= 15 is 0 Å². The van der Waals surface area contributed by atoms with E-state index in [4.69, 9.17) is 4.74 Å². The number of ether oxygens (including phenoxy) is 1. The minimum atomic E-state index is -0.0812. The molecule has 0 unspecified atom stereocenters. The maximum Gasteiger partial charge on any atom is 0.262 e. The number of nitrogens with zero attached hydrogens (tertiary/aromatic N) is 6. The Labute approximate surface area is 155 Å². The van der Waals surface area contributed by atoms with Gasteiger partial charge >= 0.3 is 0 Å². The molecular formula is C18H22N6O3. The second-order valence-corrected chi connectivity index (χ2v) is 6.72. The molecule has 1 aromatic carbocycles. The van der Waals surface area contributed by atoms with Crippen molar-refractivity contribution in [1.29, 1.82) is 0 Å². The zero-order chi connectivity index (χ0) is 19.0. The van der Waals surface area contributed by atoms with E-state index in [2.05, 4.69) is 15.1 Å². The molecule has 27 heavy (non-hydrogen) atoms. The van der Waals surface area contributed by atoms with E-state index in [9.17, 15) is 9.59 Å². The third-order valence-electron chi connectivity index (χ3n) is 5.05. The average Bonchev–Trinajstić information content (AvgIpc) is 3.11. The van der Waals surface area contributed by atoms with Gasteiger partial charge in [-0.25, -0.2) is 0 Å². The van der Waals surface area contributed by atoms with Crippen molar-refractivity contribution in [3.63, 3.8) is 0 Å². The van der Waals surface area contributed by atoms with E-state index in [0.29, 0.717) is 30.8 Å². The molecule has 0 bridgehead atoms. The number of benzene rings is 1. The number of carbonyl (C=O) groups is 1. The van der Waals surface area contributed by atoms with Crippen molar-refractivity contribution < 1.29 is 9.53 Å². The van der Waals surface area contributed by atoms with Crippen LogP contribution in [0.4, 0.5) is 0 Å². The Hall–Kier alpha value is -2.78. The zero-order valence-corrected chi connectivity index (χ0v) is 15.5. The van der Waals surface area contributed by atoms with Crippen LogP contribution < -0.4 is 5.56 Å². The fourth-order valence-electron chi connectivity index (χ4n) is 3.56. The van der Waals surface area contributed by atoms with Crippen molar-refractivity contribution in [3.05, 3.63) is 40.4 Å². The second kappa shape index (κ2) is 7.09. The number of hydrogen-bond acceptors (Lipinski definition) is 6. The SMILES string of the molecule is COCC(=O)N1CCN(Cc2nnc3n(C)c(=O)c4ccccc4n23)CC1. The van der Waals surface area contributed by atoms with Crippen molar-refractivity contribution >= 4 is 22.6 Å². The van der Waals surface area contributed by atoms with Gasteiger partial charge in [-0.3, -0.25) is 23.5 Å². The number of amides is 1. The van der Waals surface area contributed by atoms with Crippen LogP contribution in [0.5, 0.6) is 0 Å². The molecule has 3 aromatic rings. The van der Waals surface area contributed by atoms with Gasteiger partial charge in [0.1, 0.15) is 6.61 Å². The molecule has 0 atom stereocenters. The smallest absolute Gasteiger partial charge is 0.262 e. The highest BCUT2D eigenvalue weighted by atomic mass is 16.5. The van der Waals surface area contributed by atoms with Crippen LogP contribution in [-0.2, 0) is 23.1 Å². The number of piperazine rings is 1. The quantitative estimate of drug-likeness (QED) is 0.636. The van der Waals surface area contributed by atoms with Crippen molar-refractivity contribution in [2.24, 2.45) is 7.05 Å². The van der Waals surface area contributed by atoms with E-state index in [0.717, 1.165) is 24.4 Å². The van der Waals surface area contributed by atoms with Crippen molar-refractivity contribution in [2.45, 2.75) is 6.54 Å². The Kier molecular flexibility index (Phi) is 4.63. The van der Waals surface area contributed by atoms with Gasteiger partial charge in [-0.1, -0.05) is 12.1 Å². The highest BCUT2D eigenvalue weighted by molar-refractivity contribution is 5.80. The monoisotopic (exact) mass is 370 g/mol. The second-order valence-electron chi connectivity index (χ2n) is 6.72. The number of rotatable bonds is 4.